The van der Waals surface area contributed by atoms with Crippen LogP contribution >= 0.6 is 34.8 Å². The molecule has 1 aromatic heterocycles. The fourth-order valence-electron chi connectivity index (χ4n) is 1.73. The zero-order valence-corrected chi connectivity index (χ0v) is 14.0. The van der Waals surface area contributed by atoms with Gasteiger partial charge in [0, 0.05) is 24.1 Å². The van der Waals surface area contributed by atoms with Gasteiger partial charge in [-0.1, -0.05) is 29.3 Å². The predicted molar refractivity (Wildman–Crippen MR) is 87.7 cm³/mol. The van der Waals surface area contributed by atoms with Crippen molar-refractivity contribution >= 4 is 46.7 Å². The summed E-state index contributed by atoms with van der Waals surface area (Å²) in [5, 5.41) is 4.45. The first-order valence-corrected chi connectivity index (χ1v) is 7.30. The van der Waals surface area contributed by atoms with Crippen molar-refractivity contribution in [1.29, 1.82) is 0 Å². The van der Waals surface area contributed by atoms with Crippen molar-refractivity contribution in [3.05, 3.63) is 39.1 Å². The lowest BCUT2D eigenvalue weighted by molar-refractivity contribution is 0.847. The van der Waals surface area contributed by atoms with E-state index >= 15 is 0 Å². The number of rotatable bonds is 4. The molecule has 21 heavy (non-hydrogen) atoms. The number of aromatic nitrogens is 3. The number of nitrogens with one attached hydrogen (secondary N) is 1. The smallest absolute Gasteiger partial charge is 0.230 e. The van der Waals surface area contributed by atoms with E-state index in [1.807, 2.05) is 27.1 Å². The highest BCUT2D eigenvalue weighted by atomic mass is 35.5. The fraction of sp³-hybridized carbons (Fsp3) is 0.308. The number of benzene rings is 1. The van der Waals surface area contributed by atoms with Crippen LogP contribution in [0.3, 0.4) is 0 Å². The van der Waals surface area contributed by atoms with Crippen LogP contribution in [0, 0.1) is 0 Å². The van der Waals surface area contributed by atoms with Crippen molar-refractivity contribution < 1.29 is 0 Å². The Bertz CT molecular complexity index is 648. The molecule has 0 aliphatic carbocycles. The number of hydrogen-bond acceptors (Lipinski definition) is 5. The molecule has 112 valence electrons. The molecular formula is C13H14Cl3N5. The Morgan fingerprint density at radius 2 is 1.81 bits per heavy atom. The minimum Gasteiger partial charge on any atom is -0.347 e. The molecular weight excluding hydrogens is 333 g/mol. The monoisotopic (exact) mass is 345 g/mol. The van der Waals surface area contributed by atoms with Gasteiger partial charge in [-0.15, -0.1) is 0 Å². The molecule has 0 aliphatic rings. The summed E-state index contributed by atoms with van der Waals surface area (Å²) >= 11 is 18.0. The maximum Gasteiger partial charge on any atom is 0.230 e. The van der Waals surface area contributed by atoms with Crippen LogP contribution in [0.4, 0.5) is 11.9 Å². The number of nitrogens with zero attached hydrogens (tertiary/aromatic N) is 4. The average Bonchev–Trinajstić information content (AvgIpc) is 2.37. The van der Waals surface area contributed by atoms with E-state index < -0.39 is 0 Å². The molecule has 2 aromatic rings. The SMILES string of the molecule is CC(Nc1nc(Cl)nc(N(C)C)n1)c1ccc(Cl)cc1Cl. The van der Waals surface area contributed by atoms with E-state index in [1.165, 1.54) is 0 Å². The Kier molecular flexibility index (Phi) is 5.08. The van der Waals surface area contributed by atoms with Gasteiger partial charge in [0.25, 0.3) is 0 Å². The fourth-order valence-corrected chi connectivity index (χ4v) is 2.46. The van der Waals surface area contributed by atoms with Crippen LogP contribution < -0.4 is 10.2 Å². The van der Waals surface area contributed by atoms with E-state index in [-0.39, 0.29) is 11.3 Å². The number of halogens is 3. The molecule has 0 radical (unpaired) electrons. The Labute approximate surface area is 138 Å². The summed E-state index contributed by atoms with van der Waals surface area (Å²) < 4.78 is 0. The van der Waals surface area contributed by atoms with Gasteiger partial charge in [0.2, 0.25) is 17.2 Å². The zero-order chi connectivity index (χ0) is 15.6. The van der Waals surface area contributed by atoms with Gasteiger partial charge in [-0.3, -0.25) is 0 Å². The second-order valence-electron chi connectivity index (χ2n) is 4.65. The molecule has 0 bridgehead atoms. The average molecular weight is 347 g/mol. The highest BCUT2D eigenvalue weighted by Crippen LogP contribution is 2.28. The summed E-state index contributed by atoms with van der Waals surface area (Å²) in [5.74, 6) is 0.865. The van der Waals surface area contributed by atoms with E-state index in [0.717, 1.165) is 5.56 Å². The van der Waals surface area contributed by atoms with Gasteiger partial charge >= 0.3 is 0 Å². The van der Waals surface area contributed by atoms with Crippen LogP contribution in [-0.2, 0) is 0 Å². The van der Waals surface area contributed by atoms with Gasteiger partial charge in [-0.2, -0.15) is 15.0 Å². The second-order valence-corrected chi connectivity index (χ2v) is 5.84. The van der Waals surface area contributed by atoms with Crippen LogP contribution in [0.5, 0.6) is 0 Å². The molecule has 2 rings (SSSR count). The summed E-state index contributed by atoms with van der Waals surface area (Å²) in [4.78, 5) is 14.1. The third kappa shape index (κ3) is 4.09. The van der Waals surface area contributed by atoms with Crippen molar-refractivity contribution in [3.63, 3.8) is 0 Å². The van der Waals surface area contributed by atoms with Gasteiger partial charge < -0.3 is 10.2 Å². The minimum absolute atomic E-state index is 0.108. The molecule has 0 saturated heterocycles. The van der Waals surface area contributed by atoms with Gasteiger partial charge in [-0.25, -0.2) is 0 Å². The molecule has 8 heteroatoms. The molecule has 0 spiro atoms. The van der Waals surface area contributed by atoms with E-state index in [0.29, 0.717) is 21.9 Å². The summed E-state index contributed by atoms with van der Waals surface area (Å²) in [6.07, 6.45) is 0. The van der Waals surface area contributed by atoms with Gasteiger partial charge in [0.1, 0.15) is 0 Å². The molecule has 1 unspecified atom stereocenters. The van der Waals surface area contributed by atoms with Crippen LogP contribution in [0.2, 0.25) is 15.3 Å². The summed E-state index contributed by atoms with van der Waals surface area (Å²) in [6, 6.07) is 5.23. The Morgan fingerprint density at radius 3 is 2.43 bits per heavy atom. The maximum absolute atomic E-state index is 6.19. The lowest BCUT2D eigenvalue weighted by Crippen LogP contribution is -2.16. The van der Waals surface area contributed by atoms with Crippen LogP contribution in [0.15, 0.2) is 18.2 Å². The van der Waals surface area contributed by atoms with Crippen molar-refractivity contribution in [2.24, 2.45) is 0 Å². The zero-order valence-electron chi connectivity index (χ0n) is 11.7. The molecule has 0 saturated carbocycles. The number of anilines is 2. The first-order chi connectivity index (χ1) is 9.86. The molecule has 0 aliphatic heterocycles. The molecule has 0 amide bonds. The summed E-state index contributed by atoms with van der Waals surface area (Å²) in [7, 11) is 3.66. The van der Waals surface area contributed by atoms with Crippen LogP contribution in [0.25, 0.3) is 0 Å². The maximum atomic E-state index is 6.19. The Morgan fingerprint density at radius 1 is 1.10 bits per heavy atom. The van der Waals surface area contributed by atoms with Crippen LogP contribution in [0.1, 0.15) is 18.5 Å². The Balaban J connectivity index is 2.25. The molecule has 1 aromatic carbocycles. The first-order valence-electron chi connectivity index (χ1n) is 6.17. The Hall–Kier alpha value is -1.30. The predicted octanol–water partition coefficient (Wildman–Crippen LogP) is 4.07. The third-order valence-electron chi connectivity index (χ3n) is 2.77. The summed E-state index contributed by atoms with van der Waals surface area (Å²) in [5.41, 5.74) is 0.893. The summed E-state index contributed by atoms with van der Waals surface area (Å²) in [6.45, 7) is 1.95. The molecule has 5 nitrogen and oxygen atoms in total. The van der Waals surface area contributed by atoms with E-state index in [1.54, 1.807) is 17.0 Å². The third-order valence-corrected chi connectivity index (χ3v) is 3.50. The molecule has 1 N–H and O–H groups in total. The first kappa shape index (κ1) is 16.1. The topological polar surface area (TPSA) is 53.9 Å². The van der Waals surface area contributed by atoms with Gasteiger partial charge in [-0.05, 0) is 36.2 Å². The van der Waals surface area contributed by atoms with Gasteiger partial charge in [0.15, 0.2) is 0 Å². The largest absolute Gasteiger partial charge is 0.347 e. The van der Waals surface area contributed by atoms with E-state index in [2.05, 4.69) is 20.3 Å². The highest BCUT2D eigenvalue weighted by Gasteiger charge is 2.13. The van der Waals surface area contributed by atoms with E-state index in [4.69, 9.17) is 34.8 Å². The van der Waals surface area contributed by atoms with Crippen molar-refractivity contribution in [2.75, 3.05) is 24.3 Å². The van der Waals surface area contributed by atoms with Crippen molar-refractivity contribution in [2.45, 2.75) is 13.0 Å². The minimum atomic E-state index is -0.108. The lowest BCUT2D eigenvalue weighted by atomic mass is 10.1. The highest BCUT2D eigenvalue weighted by molar-refractivity contribution is 6.35. The van der Waals surface area contributed by atoms with Crippen molar-refractivity contribution in [1.82, 2.24) is 15.0 Å². The molecule has 1 heterocycles. The van der Waals surface area contributed by atoms with Crippen molar-refractivity contribution in [3.8, 4) is 0 Å². The second kappa shape index (κ2) is 6.64. The number of hydrogen-bond donors (Lipinski definition) is 1. The lowest BCUT2D eigenvalue weighted by Gasteiger charge is -2.17. The normalized spacial score (nSPS) is 12.1. The van der Waals surface area contributed by atoms with Gasteiger partial charge in [0.05, 0.1) is 6.04 Å². The van der Waals surface area contributed by atoms with E-state index in [9.17, 15) is 0 Å². The quantitative estimate of drug-likeness (QED) is 0.904. The molecule has 1 atom stereocenters. The van der Waals surface area contributed by atoms with Crippen LogP contribution in [-0.4, -0.2) is 29.0 Å². The molecule has 0 fully saturated rings. The standard InChI is InChI=1S/C13H14Cl3N5/c1-7(9-5-4-8(14)6-10(9)15)17-12-18-11(16)19-13(20-12)21(2)3/h4-7H,1-3H3,(H,17,18,19,20).